The van der Waals surface area contributed by atoms with Gasteiger partial charge in [-0.15, -0.1) is 0 Å². The highest BCUT2D eigenvalue weighted by Crippen LogP contribution is 2.21. The maximum Gasteiger partial charge on any atom is 0.311 e. The van der Waals surface area contributed by atoms with E-state index in [-0.39, 0.29) is 6.61 Å². The zero-order chi connectivity index (χ0) is 12.1. The minimum Gasteiger partial charge on any atom is -0.481 e. The van der Waals surface area contributed by atoms with Gasteiger partial charge in [0.1, 0.15) is 0 Å². The molecule has 0 aromatic carbocycles. The van der Waals surface area contributed by atoms with Crippen LogP contribution in [0.25, 0.3) is 0 Å². The van der Waals surface area contributed by atoms with E-state index in [1.807, 2.05) is 6.92 Å². The van der Waals surface area contributed by atoms with Crippen LogP contribution in [0.5, 0.6) is 0 Å². The molecule has 0 radical (unpaired) electrons. The Bertz CT molecular complexity index is 214. The van der Waals surface area contributed by atoms with Crippen molar-refractivity contribution in [1.82, 2.24) is 0 Å². The smallest absolute Gasteiger partial charge is 0.311 e. The van der Waals surface area contributed by atoms with Crippen LogP contribution in [0, 0.1) is 5.41 Å². The Morgan fingerprint density at radius 3 is 2.13 bits per heavy atom. The highest BCUT2D eigenvalue weighted by Gasteiger charge is 2.33. The van der Waals surface area contributed by atoms with E-state index in [2.05, 4.69) is 0 Å². The molecule has 0 heterocycles. The molecular formula is C10H20O5. The van der Waals surface area contributed by atoms with Crippen LogP contribution in [0.2, 0.25) is 0 Å². The minimum atomic E-state index is -1.18. The molecule has 0 fully saturated rings. The van der Waals surface area contributed by atoms with Gasteiger partial charge in [-0.05, 0) is 20.8 Å². The number of carboxylic acid groups (broad SMARTS) is 1. The third kappa shape index (κ3) is 4.59. The normalized spacial score (nSPS) is 16.1. The number of carboxylic acids is 1. The second-order valence-corrected chi connectivity index (χ2v) is 3.98. The number of aliphatic carboxylic acids is 1. The molecule has 0 amide bonds. The van der Waals surface area contributed by atoms with Crippen LogP contribution in [0.3, 0.4) is 0 Å². The number of hydrogen-bond acceptors (Lipinski definition) is 4. The second kappa shape index (κ2) is 5.44. The summed E-state index contributed by atoms with van der Waals surface area (Å²) >= 11 is 0. The fourth-order valence-electron chi connectivity index (χ4n) is 0.795. The van der Waals surface area contributed by atoms with E-state index in [0.717, 1.165) is 0 Å². The maximum absolute atomic E-state index is 10.8. The Labute approximate surface area is 90.3 Å². The topological polar surface area (TPSA) is 65.0 Å². The van der Waals surface area contributed by atoms with Crippen molar-refractivity contribution in [2.75, 3.05) is 20.3 Å². The summed E-state index contributed by atoms with van der Waals surface area (Å²) in [7, 11) is 1.45. The van der Waals surface area contributed by atoms with Crippen molar-refractivity contribution in [3.63, 3.8) is 0 Å². The Hall–Kier alpha value is -0.650. The number of hydrogen-bond donors (Lipinski definition) is 1. The minimum absolute atomic E-state index is 0.0205. The first-order chi connectivity index (χ1) is 6.77. The first kappa shape index (κ1) is 14.3. The van der Waals surface area contributed by atoms with E-state index in [9.17, 15) is 4.79 Å². The molecule has 90 valence electrons. The monoisotopic (exact) mass is 220 g/mol. The molecule has 1 atom stereocenters. The van der Waals surface area contributed by atoms with Gasteiger partial charge in [0.2, 0.25) is 0 Å². The SMILES string of the molecule is CCOC(C)(OC)OCC(C)(C)C(=O)O. The molecule has 15 heavy (non-hydrogen) atoms. The van der Waals surface area contributed by atoms with E-state index in [1.54, 1.807) is 20.8 Å². The number of rotatable bonds is 7. The fraction of sp³-hybridized carbons (Fsp3) is 0.900. The summed E-state index contributed by atoms with van der Waals surface area (Å²) in [5, 5.41) is 8.88. The van der Waals surface area contributed by atoms with Crippen molar-refractivity contribution >= 4 is 5.97 Å². The fourth-order valence-corrected chi connectivity index (χ4v) is 0.795. The molecule has 0 aromatic rings. The van der Waals surface area contributed by atoms with Crippen molar-refractivity contribution < 1.29 is 24.1 Å². The Morgan fingerprint density at radius 1 is 1.27 bits per heavy atom. The highest BCUT2D eigenvalue weighted by atomic mass is 16.9. The summed E-state index contributed by atoms with van der Waals surface area (Å²) in [5.74, 6) is -2.10. The summed E-state index contributed by atoms with van der Waals surface area (Å²) in [6, 6.07) is 0. The quantitative estimate of drug-likeness (QED) is 0.658. The number of methoxy groups -OCH3 is 1. The third-order valence-electron chi connectivity index (χ3n) is 2.05. The summed E-state index contributed by atoms with van der Waals surface area (Å²) in [5.41, 5.74) is -0.961. The van der Waals surface area contributed by atoms with E-state index in [0.29, 0.717) is 6.61 Å². The summed E-state index contributed by atoms with van der Waals surface area (Å²) in [6.07, 6.45) is 0. The molecule has 0 aliphatic rings. The molecule has 5 heteroatoms. The van der Waals surface area contributed by atoms with Crippen LogP contribution in [0.15, 0.2) is 0 Å². The van der Waals surface area contributed by atoms with Gasteiger partial charge in [-0.1, -0.05) is 0 Å². The zero-order valence-electron chi connectivity index (χ0n) is 9.99. The Morgan fingerprint density at radius 2 is 1.80 bits per heavy atom. The van der Waals surface area contributed by atoms with Crippen LogP contribution >= 0.6 is 0 Å². The molecule has 0 aliphatic carbocycles. The highest BCUT2D eigenvalue weighted by molar-refractivity contribution is 5.73. The zero-order valence-corrected chi connectivity index (χ0v) is 9.99. The molecule has 0 aliphatic heterocycles. The van der Waals surface area contributed by atoms with Crippen molar-refractivity contribution in [3.05, 3.63) is 0 Å². The molecule has 0 saturated carbocycles. The Kier molecular flexibility index (Phi) is 5.20. The van der Waals surface area contributed by atoms with Crippen LogP contribution in [0.1, 0.15) is 27.7 Å². The standard InChI is InChI=1S/C10H20O5/c1-6-14-10(4,13-5)15-7-9(2,3)8(11)12/h6-7H2,1-5H3,(H,11,12). The van der Waals surface area contributed by atoms with Crippen molar-refractivity contribution in [2.24, 2.45) is 5.41 Å². The van der Waals surface area contributed by atoms with Crippen LogP contribution < -0.4 is 0 Å². The molecule has 0 aromatic heterocycles. The molecule has 0 bridgehead atoms. The van der Waals surface area contributed by atoms with Gasteiger partial charge >= 0.3 is 5.97 Å². The molecule has 1 unspecified atom stereocenters. The summed E-state index contributed by atoms with van der Waals surface area (Å²) < 4.78 is 15.6. The van der Waals surface area contributed by atoms with Crippen LogP contribution in [-0.2, 0) is 19.0 Å². The van der Waals surface area contributed by atoms with Crippen LogP contribution in [0.4, 0.5) is 0 Å². The lowest BCUT2D eigenvalue weighted by atomic mass is 9.95. The van der Waals surface area contributed by atoms with Gasteiger partial charge in [-0.3, -0.25) is 4.79 Å². The van der Waals surface area contributed by atoms with E-state index in [4.69, 9.17) is 19.3 Å². The lowest BCUT2D eigenvalue weighted by Gasteiger charge is -2.30. The molecule has 0 rings (SSSR count). The summed E-state index contributed by atoms with van der Waals surface area (Å²) in [6.45, 7) is 7.02. The van der Waals surface area contributed by atoms with Gasteiger partial charge in [0.25, 0.3) is 5.97 Å². The first-order valence-corrected chi connectivity index (χ1v) is 4.84. The van der Waals surface area contributed by atoms with E-state index >= 15 is 0 Å². The predicted molar refractivity (Wildman–Crippen MR) is 54.4 cm³/mol. The van der Waals surface area contributed by atoms with Crippen molar-refractivity contribution in [3.8, 4) is 0 Å². The molecule has 0 spiro atoms. The average molecular weight is 220 g/mol. The predicted octanol–water partition coefficient (Wildman–Crippen LogP) is 1.47. The van der Waals surface area contributed by atoms with E-state index in [1.165, 1.54) is 7.11 Å². The second-order valence-electron chi connectivity index (χ2n) is 3.98. The number of carbonyl (C=O) groups is 1. The van der Waals surface area contributed by atoms with Crippen molar-refractivity contribution in [1.29, 1.82) is 0 Å². The molecule has 5 nitrogen and oxygen atoms in total. The van der Waals surface area contributed by atoms with E-state index < -0.39 is 17.4 Å². The molecule has 1 N–H and O–H groups in total. The largest absolute Gasteiger partial charge is 0.481 e. The lowest BCUT2D eigenvalue weighted by Crippen LogP contribution is -2.40. The van der Waals surface area contributed by atoms with Gasteiger partial charge in [0, 0.05) is 20.6 Å². The lowest BCUT2D eigenvalue weighted by molar-refractivity contribution is -0.364. The summed E-state index contributed by atoms with van der Waals surface area (Å²) in [4.78, 5) is 10.8. The Balaban J connectivity index is 4.28. The third-order valence-corrected chi connectivity index (χ3v) is 2.05. The van der Waals surface area contributed by atoms with Gasteiger partial charge in [0.05, 0.1) is 12.0 Å². The van der Waals surface area contributed by atoms with Gasteiger partial charge in [-0.2, -0.15) is 0 Å². The maximum atomic E-state index is 10.8. The molecule has 0 saturated heterocycles. The van der Waals surface area contributed by atoms with Crippen LogP contribution in [-0.4, -0.2) is 37.4 Å². The van der Waals surface area contributed by atoms with Gasteiger partial charge in [0.15, 0.2) is 0 Å². The van der Waals surface area contributed by atoms with Gasteiger partial charge in [-0.25, -0.2) is 0 Å². The number of ether oxygens (including phenoxy) is 3. The first-order valence-electron chi connectivity index (χ1n) is 4.84. The average Bonchev–Trinajstić information content (AvgIpc) is 2.15. The van der Waals surface area contributed by atoms with Gasteiger partial charge < -0.3 is 19.3 Å². The van der Waals surface area contributed by atoms with Crippen molar-refractivity contribution in [2.45, 2.75) is 33.7 Å². The molecular weight excluding hydrogens is 200 g/mol.